The van der Waals surface area contributed by atoms with Gasteiger partial charge >= 0.3 is 21.1 Å². The van der Waals surface area contributed by atoms with Crippen LogP contribution in [0.5, 0.6) is 11.5 Å². The molecule has 0 fully saturated rings. The van der Waals surface area contributed by atoms with Crippen LogP contribution >= 0.6 is 0 Å². The third-order valence-corrected chi connectivity index (χ3v) is 9.22. The number of rotatable bonds is 6. The second-order valence-corrected chi connectivity index (χ2v) is 15.5. The largest absolute Gasteiger partial charge is 2.00 e. The van der Waals surface area contributed by atoms with E-state index in [0.717, 1.165) is 44.4 Å². The summed E-state index contributed by atoms with van der Waals surface area (Å²) in [4.78, 5) is 4.70. The number of fused-ring (bicyclic) bond motifs is 3. The van der Waals surface area contributed by atoms with E-state index in [1.165, 1.54) is 22.3 Å². The average molecular weight is 840 g/mol. The second kappa shape index (κ2) is 13.3. The number of hydrogen-bond acceptors (Lipinski definition) is 3. The van der Waals surface area contributed by atoms with Crippen molar-refractivity contribution in [3.8, 4) is 34.1 Å². The minimum atomic E-state index is -0.0407. The summed E-state index contributed by atoms with van der Waals surface area (Å²) in [5, 5.41) is 7.09. The van der Waals surface area contributed by atoms with Crippen LogP contribution in [0.3, 0.4) is 0 Å². The van der Waals surface area contributed by atoms with Crippen molar-refractivity contribution in [3.63, 3.8) is 0 Å². The monoisotopic (exact) mass is 839 g/mol. The summed E-state index contributed by atoms with van der Waals surface area (Å²) in [5.74, 6) is 2.49. The molecule has 0 N–H and O–H groups in total. The van der Waals surface area contributed by atoms with Gasteiger partial charge < -0.3 is 9.30 Å². The van der Waals surface area contributed by atoms with Crippen LogP contribution in [0.1, 0.15) is 83.6 Å². The second-order valence-electron chi connectivity index (χ2n) is 15.5. The molecule has 256 valence electrons. The van der Waals surface area contributed by atoms with Gasteiger partial charge in [-0.2, -0.15) is 17.2 Å². The quantitative estimate of drug-likeness (QED) is 0.157. The fourth-order valence-electron chi connectivity index (χ4n) is 6.64. The van der Waals surface area contributed by atoms with Gasteiger partial charge in [-0.25, -0.2) is 4.98 Å². The Bertz CT molecular complexity index is 2300. The maximum absolute atomic E-state index is 6.43. The van der Waals surface area contributed by atoms with Gasteiger partial charge in [-0.1, -0.05) is 91.2 Å². The Hall–Kier alpha value is -4.47. The van der Waals surface area contributed by atoms with Gasteiger partial charge in [0.05, 0.1) is 6.20 Å². The number of pyridine rings is 1. The maximum Gasteiger partial charge on any atom is 2.00 e. The number of aromatic nitrogens is 4. The van der Waals surface area contributed by atoms with Crippen molar-refractivity contribution >= 4 is 21.8 Å². The van der Waals surface area contributed by atoms with Crippen molar-refractivity contribution in [3.05, 3.63) is 132 Å². The number of nitrogens with zero attached hydrogens (tertiary/aromatic N) is 4. The number of para-hydroxylation sites is 1. The van der Waals surface area contributed by atoms with E-state index >= 15 is 0 Å². The van der Waals surface area contributed by atoms with Crippen molar-refractivity contribution in [2.45, 2.75) is 79.1 Å². The van der Waals surface area contributed by atoms with Crippen LogP contribution in [0, 0.1) is 19.1 Å². The zero-order chi connectivity index (χ0) is 34.7. The average Bonchev–Trinajstić information content (AvgIpc) is 3.67. The molecule has 3 heterocycles. The zero-order valence-corrected chi connectivity index (χ0v) is 32.6. The van der Waals surface area contributed by atoms with Crippen LogP contribution in [-0.2, 0) is 31.9 Å². The first-order chi connectivity index (χ1) is 23.3. The van der Waals surface area contributed by atoms with Crippen LogP contribution in [0.25, 0.3) is 44.4 Å². The molecule has 5 nitrogen and oxygen atoms in total. The molecule has 0 saturated carbocycles. The molecule has 0 amide bonds. The van der Waals surface area contributed by atoms with Crippen molar-refractivity contribution < 1.29 is 25.8 Å². The molecule has 0 bridgehead atoms. The van der Waals surface area contributed by atoms with E-state index in [9.17, 15) is 0 Å². The molecule has 0 atom stereocenters. The summed E-state index contributed by atoms with van der Waals surface area (Å²) in [7, 11) is 0. The van der Waals surface area contributed by atoms with E-state index < -0.39 is 0 Å². The predicted octanol–water partition coefficient (Wildman–Crippen LogP) is 11.4. The molecule has 0 radical (unpaired) electrons. The number of ether oxygens (including phenoxy) is 1. The molecule has 50 heavy (non-hydrogen) atoms. The predicted molar refractivity (Wildman–Crippen MR) is 202 cm³/mol. The Labute approximate surface area is 310 Å². The summed E-state index contributed by atoms with van der Waals surface area (Å²) in [6.45, 7) is 20.4. The molecule has 6 heteroatoms. The van der Waals surface area contributed by atoms with Gasteiger partial charge in [0.1, 0.15) is 5.82 Å². The Morgan fingerprint density at radius 3 is 2.14 bits per heavy atom. The fourth-order valence-corrected chi connectivity index (χ4v) is 6.64. The first kappa shape index (κ1) is 35.4. The van der Waals surface area contributed by atoms with Crippen molar-refractivity contribution in [1.82, 2.24) is 19.3 Å². The number of benzene rings is 4. The molecule has 7 rings (SSSR count). The molecule has 0 unspecified atom stereocenters. The summed E-state index contributed by atoms with van der Waals surface area (Å²) in [6, 6.07) is 34.3. The van der Waals surface area contributed by atoms with Crippen molar-refractivity contribution in [2.24, 2.45) is 0 Å². The normalized spacial score (nSPS) is 12.1. The summed E-state index contributed by atoms with van der Waals surface area (Å²) >= 11 is 0. The van der Waals surface area contributed by atoms with Crippen molar-refractivity contribution in [1.29, 1.82) is 0 Å². The standard InChI is InChI=1S/C44H44N4O.Pt/c1-28(2)30-22-37(43(4,5)6)42(38(23-30)44(7,8)9)31-26-46-47(27-31)32-13-12-14-33(24-32)49-34-17-18-36-35-15-10-11-16-39(35)48(40(36)25-34)41-21-29(3)19-20-45-41;/h10-23,26-28H,1-9H3;/q-2;+2. The van der Waals surface area contributed by atoms with Gasteiger partial charge in [0.25, 0.3) is 0 Å². The zero-order valence-electron chi connectivity index (χ0n) is 30.3. The van der Waals surface area contributed by atoms with Crippen LogP contribution in [0.15, 0.2) is 97.5 Å². The van der Waals surface area contributed by atoms with Gasteiger partial charge in [0, 0.05) is 35.0 Å². The molecule has 3 aromatic heterocycles. The van der Waals surface area contributed by atoms with Crippen LogP contribution in [-0.4, -0.2) is 19.3 Å². The van der Waals surface area contributed by atoms with Crippen LogP contribution in [0.2, 0.25) is 0 Å². The van der Waals surface area contributed by atoms with E-state index in [1.807, 2.05) is 47.4 Å². The summed E-state index contributed by atoms with van der Waals surface area (Å²) in [5.41, 5.74) is 10.3. The molecule has 0 aliphatic carbocycles. The molecule has 4 aromatic carbocycles. The van der Waals surface area contributed by atoms with E-state index in [0.29, 0.717) is 17.4 Å². The molecule has 0 saturated heterocycles. The van der Waals surface area contributed by atoms with Gasteiger partial charge in [0.15, 0.2) is 0 Å². The third kappa shape index (κ3) is 6.68. The molecule has 7 aromatic rings. The van der Waals surface area contributed by atoms with Crippen LogP contribution in [0.4, 0.5) is 0 Å². The maximum atomic E-state index is 6.43. The van der Waals surface area contributed by atoms with Gasteiger partial charge in [-0.15, -0.1) is 35.7 Å². The smallest absolute Gasteiger partial charge is 0.509 e. The van der Waals surface area contributed by atoms with E-state index in [1.54, 1.807) is 0 Å². The fraction of sp³-hybridized carbons (Fsp3) is 0.273. The Balaban J connectivity index is 0.00000432. The SMILES string of the molecule is Cc1ccnc(-n2c3[c-]c(Oc4[c-]c(-n5cc(-c6c(C(C)(C)C)cc(C(C)C)cc6C(C)(C)C)cn5)ccc4)ccc3c3ccccc32)c1.[Pt+2]. The minimum absolute atomic E-state index is 0. The van der Waals surface area contributed by atoms with E-state index in [-0.39, 0.29) is 31.9 Å². The van der Waals surface area contributed by atoms with Crippen LogP contribution < -0.4 is 4.74 Å². The first-order valence-electron chi connectivity index (χ1n) is 17.1. The molecular formula is C44H44N4OPt. The van der Waals surface area contributed by atoms with E-state index in [4.69, 9.17) is 14.8 Å². The molecule has 0 aliphatic rings. The van der Waals surface area contributed by atoms with E-state index in [2.05, 4.69) is 134 Å². The molecule has 0 spiro atoms. The summed E-state index contributed by atoms with van der Waals surface area (Å²) in [6.07, 6.45) is 5.95. The van der Waals surface area contributed by atoms with Gasteiger partial charge in [0.2, 0.25) is 0 Å². The van der Waals surface area contributed by atoms with Gasteiger partial charge in [-0.3, -0.25) is 4.68 Å². The third-order valence-electron chi connectivity index (χ3n) is 9.22. The Morgan fingerprint density at radius 1 is 0.760 bits per heavy atom. The Morgan fingerprint density at radius 2 is 1.46 bits per heavy atom. The van der Waals surface area contributed by atoms with Gasteiger partial charge in [-0.05, 0) is 80.8 Å². The summed E-state index contributed by atoms with van der Waals surface area (Å²) < 4.78 is 10.5. The molecular weight excluding hydrogens is 796 g/mol. The number of aryl methyl sites for hydroxylation is 1. The number of hydrogen-bond donors (Lipinski definition) is 0. The molecule has 0 aliphatic heterocycles. The van der Waals surface area contributed by atoms with Crippen molar-refractivity contribution in [2.75, 3.05) is 0 Å². The Kier molecular flexibility index (Phi) is 9.43. The minimum Gasteiger partial charge on any atom is -0.509 e. The topological polar surface area (TPSA) is 44.9 Å². The first-order valence-corrected chi connectivity index (χ1v) is 17.1.